The van der Waals surface area contributed by atoms with Crippen LogP contribution in [-0.2, 0) is 23.9 Å². The number of carbonyl (C=O) groups is 4. The summed E-state index contributed by atoms with van der Waals surface area (Å²) in [6.45, 7) is 28.5. The molecule has 0 aromatic carbocycles. The van der Waals surface area contributed by atoms with Crippen LogP contribution in [0.25, 0.3) is 0 Å². The molecule has 4 heterocycles. The highest BCUT2D eigenvalue weighted by Crippen LogP contribution is 2.40. The van der Waals surface area contributed by atoms with Gasteiger partial charge in [0.1, 0.15) is 17.7 Å². The molecule has 0 saturated carbocycles. The predicted molar refractivity (Wildman–Crippen MR) is 235 cm³/mol. The van der Waals surface area contributed by atoms with E-state index in [1.165, 1.54) is 30.6 Å². The lowest BCUT2D eigenvalue weighted by Crippen LogP contribution is -2.68. The van der Waals surface area contributed by atoms with Crippen molar-refractivity contribution >= 4 is 23.9 Å². The maximum atomic E-state index is 13.0. The van der Waals surface area contributed by atoms with Crippen molar-refractivity contribution in [1.29, 1.82) is 0 Å². The Morgan fingerprint density at radius 1 is 0.534 bits per heavy atom. The summed E-state index contributed by atoms with van der Waals surface area (Å²) in [5.74, 6) is -0.153. The van der Waals surface area contributed by atoms with E-state index in [0.717, 1.165) is 77.0 Å². The predicted octanol–water partition coefficient (Wildman–Crippen LogP) is 9.39. The summed E-state index contributed by atoms with van der Waals surface area (Å²) in [5, 5.41) is 13.9. The third-order valence-electron chi connectivity index (χ3n) is 12.1. The van der Waals surface area contributed by atoms with Crippen LogP contribution in [0.1, 0.15) is 218 Å². The van der Waals surface area contributed by atoms with Crippen molar-refractivity contribution in [2.75, 3.05) is 6.54 Å². The molecule has 0 radical (unpaired) electrons. The van der Waals surface area contributed by atoms with Crippen molar-refractivity contribution in [3.63, 3.8) is 0 Å². The SMILES string of the molecule is CC1(C)CC(OC(=O)CCCCCCCCC(=O)OC2CC(C)(C)NC(C)(C)C2)CC(C)(C)N1.CCCCCCCCN1C(=O)NC2(CC(C)(C)NC(C)(C)C2)C1=O. The smallest absolute Gasteiger partial charge is 0.325 e. The molecule has 11 nitrogen and oxygen atoms in total. The zero-order valence-corrected chi connectivity index (χ0v) is 39.4. The van der Waals surface area contributed by atoms with Gasteiger partial charge in [0.15, 0.2) is 0 Å². The van der Waals surface area contributed by atoms with Gasteiger partial charge in [0.05, 0.1) is 0 Å². The number of nitrogens with one attached hydrogen (secondary N) is 4. The molecule has 4 fully saturated rings. The van der Waals surface area contributed by atoms with E-state index in [4.69, 9.17) is 9.47 Å². The lowest BCUT2D eigenvalue weighted by Gasteiger charge is -2.50. The van der Waals surface area contributed by atoms with Gasteiger partial charge in [-0.15, -0.1) is 0 Å². The summed E-state index contributed by atoms with van der Waals surface area (Å²) in [6, 6.07) is -0.206. The van der Waals surface area contributed by atoms with Crippen LogP contribution in [0.2, 0.25) is 0 Å². The second kappa shape index (κ2) is 20.5. The van der Waals surface area contributed by atoms with Crippen molar-refractivity contribution in [2.45, 2.75) is 269 Å². The van der Waals surface area contributed by atoms with Crippen LogP contribution in [0.4, 0.5) is 4.79 Å². The molecule has 4 aliphatic rings. The van der Waals surface area contributed by atoms with Gasteiger partial charge in [0.25, 0.3) is 5.91 Å². The minimum Gasteiger partial charge on any atom is -0.462 e. The summed E-state index contributed by atoms with van der Waals surface area (Å²) in [5.41, 5.74) is -1.15. The van der Waals surface area contributed by atoms with Gasteiger partial charge in [-0.2, -0.15) is 0 Å². The van der Waals surface area contributed by atoms with E-state index in [-0.39, 0.29) is 69.3 Å². The van der Waals surface area contributed by atoms with Crippen molar-refractivity contribution in [2.24, 2.45) is 0 Å². The van der Waals surface area contributed by atoms with E-state index < -0.39 is 5.54 Å². The van der Waals surface area contributed by atoms with Crippen LogP contribution in [0, 0.1) is 0 Å². The molecule has 0 unspecified atom stereocenters. The molecule has 4 aliphatic heterocycles. The topological polar surface area (TPSA) is 138 Å². The van der Waals surface area contributed by atoms with Gasteiger partial charge in [0, 0.05) is 78.3 Å². The Labute approximate surface area is 353 Å². The zero-order valence-electron chi connectivity index (χ0n) is 39.4. The number of ether oxygens (including phenoxy) is 2. The molecule has 0 atom stereocenters. The van der Waals surface area contributed by atoms with Crippen LogP contribution in [0.5, 0.6) is 0 Å². The van der Waals surface area contributed by atoms with Crippen molar-refractivity contribution in [3.8, 4) is 0 Å². The minimum absolute atomic E-state index is 0.000484. The maximum Gasteiger partial charge on any atom is 0.325 e. The lowest BCUT2D eigenvalue weighted by molar-refractivity contribution is -0.154. The summed E-state index contributed by atoms with van der Waals surface area (Å²) in [4.78, 5) is 51.5. The van der Waals surface area contributed by atoms with Crippen LogP contribution in [-0.4, -0.2) is 86.3 Å². The molecule has 336 valence electrons. The largest absolute Gasteiger partial charge is 0.462 e. The van der Waals surface area contributed by atoms with Gasteiger partial charge < -0.3 is 30.7 Å². The number of hydrogen-bond acceptors (Lipinski definition) is 9. The molecular formula is C47H87N5O6. The van der Waals surface area contributed by atoms with Crippen molar-refractivity contribution < 1.29 is 28.7 Å². The highest BCUT2D eigenvalue weighted by Gasteiger charge is 2.58. The third-order valence-corrected chi connectivity index (χ3v) is 12.1. The lowest BCUT2D eigenvalue weighted by atomic mass is 9.71. The summed E-state index contributed by atoms with van der Waals surface area (Å²) in [7, 11) is 0. The number of amides is 3. The fourth-order valence-electron chi connectivity index (χ4n) is 11.1. The molecule has 0 bridgehead atoms. The molecular weight excluding hydrogens is 731 g/mol. The fraction of sp³-hybridized carbons (Fsp3) is 0.915. The number of urea groups is 1. The van der Waals surface area contributed by atoms with Gasteiger partial charge in [-0.1, -0.05) is 64.7 Å². The first-order valence-electron chi connectivity index (χ1n) is 23.1. The Morgan fingerprint density at radius 2 is 0.879 bits per heavy atom. The van der Waals surface area contributed by atoms with E-state index in [0.29, 0.717) is 32.2 Å². The van der Waals surface area contributed by atoms with Crippen molar-refractivity contribution in [1.82, 2.24) is 26.2 Å². The summed E-state index contributed by atoms with van der Waals surface area (Å²) < 4.78 is 11.6. The molecule has 0 aliphatic carbocycles. The van der Waals surface area contributed by atoms with E-state index in [1.54, 1.807) is 0 Å². The average molecular weight is 818 g/mol. The monoisotopic (exact) mass is 818 g/mol. The van der Waals surface area contributed by atoms with E-state index >= 15 is 0 Å². The Hall–Kier alpha value is -2.24. The number of piperidine rings is 3. The molecule has 4 N–H and O–H groups in total. The Morgan fingerprint density at radius 3 is 1.28 bits per heavy atom. The van der Waals surface area contributed by atoms with Gasteiger partial charge >= 0.3 is 18.0 Å². The second-order valence-corrected chi connectivity index (χ2v) is 22.4. The first-order chi connectivity index (χ1) is 26.7. The molecule has 4 rings (SSSR count). The Bertz CT molecular complexity index is 1260. The summed E-state index contributed by atoms with van der Waals surface area (Å²) in [6.07, 6.45) is 18.6. The first-order valence-corrected chi connectivity index (χ1v) is 23.1. The molecule has 11 heteroatoms. The fourth-order valence-corrected chi connectivity index (χ4v) is 11.1. The highest BCUT2D eigenvalue weighted by atomic mass is 16.5. The van der Waals surface area contributed by atoms with Gasteiger partial charge in [-0.25, -0.2) is 4.79 Å². The third kappa shape index (κ3) is 17.0. The standard InChI is InChI=1S/C28H52N2O4.C19H35N3O2/c1-25(2)17-21(18-26(3,4)29-25)33-23(31)15-13-11-9-10-12-14-16-24(32)34-22-19-27(5,6)30-28(7,8)20-22;1-6-7-8-9-10-11-12-22-15(23)19(20-16(22)24)13-17(2,3)21-18(4,5)14-19/h21-22,29-30H,9-20H2,1-8H3;21H,6-14H2,1-5H3,(H,20,24). The molecule has 0 aromatic heterocycles. The van der Waals surface area contributed by atoms with Crippen LogP contribution < -0.4 is 21.3 Å². The van der Waals surface area contributed by atoms with E-state index in [9.17, 15) is 19.2 Å². The number of rotatable bonds is 18. The van der Waals surface area contributed by atoms with Crippen LogP contribution >= 0.6 is 0 Å². The maximum absolute atomic E-state index is 13.0. The van der Waals surface area contributed by atoms with E-state index in [2.05, 4.69) is 111 Å². The number of nitrogens with zero attached hydrogens (tertiary/aromatic N) is 1. The Balaban J connectivity index is 0.000000329. The van der Waals surface area contributed by atoms with Gasteiger partial charge in [-0.05, 0) is 115 Å². The number of unbranched alkanes of at least 4 members (excludes halogenated alkanes) is 10. The van der Waals surface area contributed by atoms with E-state index in [1.807, 2.05) is 0 Å². The minimum atomic E-state index is -0.739. The quantitative estimate of drug-likeness (QED) is 0.0606. The Kier molecular flexibility index (Phi) is 17.8. The summed E-state index contributed by atoms with van der Waals surface area (Å²) >= 11 is 0. The van der Waals surface area contributed by atoms with Gasteiger partial charge in [-0.3, -0.25) is 19.3 Å². The number of carbonyl (C=O) groups excluding carboxylic acids is 4. The first kappa shape index (κ1) is 50.1. The average Bonchev–Trinajstić information content (AvgIpc) is 3.22. The van der Waals surface area contributed by atoms with Crippen molar-refractivity contribution in [3.05, 3.63) is 0 Å². The normalized spacial score (nSPS) is 24.1. The zero-order chi connectivity index (χ0) is 43.6. The molecule has 1 spiro atoms. The molecule has 58 heavy (non-hydrogen) atoms. The molecule has 3 amide bonds. The van der Waals surface area contributed by atoms with Gasteiger partial charge in [0.2, 0.25) is 0 Å². The molecule has 0 aromatic rings. The number of imide groups is 1. The van der Waals surface area contributed by atoms with Crippen LogP contribution in [0.3, 0.4) is 0 Å². The second-order valence-electron chi connectivity index (χ2n) is 22.4. The van der Waals surface area contributed by atoms with Crippen LogP contribution in [0.15, 0.2) is 0 Å². The molecule has 4 saturated heterocycles. The highest BCUT2D eigenvalue weighted by molar-refractivity contribution is 6.07. The number of hydrogen-bond donors (Lipinski definition) is 4. The number of esters is 2.